The molecule has 0 aliphatic carbocycles. The van der Waals surface area contributed by atoms with Crippen molar-refractivity contribution in [2.75, 3.05) is 16.0 Å². The van der Waals surface area contributed by atoms with Crippen LogP contribution in [0.2, 0.25) is 0 Å². The van der Waals surface area contributed by atoms with Gasteiger partial charge in [-0.15, -0.1) is 0 Å². The number of nitrogens with zero attached hydrogens (tertiary/aromatic N) is 2. The maximum absolute atomic E-state index is 12.3. The highest BCUT2D eigenvalue weighted by molar-refractivity contribution is 6.08. The van der Waals surface area contributed by atoms with Crippen molar-refractivity contribution in [3.05, 3.63) is 65.9 Å². The van der Waals surface area contributed by atoms with Crippen LogP contribution in [0.4, 0.5) is 17.1 Å². The van der Waals surface area contributed by atoms with E-state index in [1.807, 2.05) is 19.1 Å². The third-order valence-corrected chi connectivity index (χ3v) is 3.39. The lowest BCUT2D eigenvalue weighted by Gasteiger charge is -2.17. The maximum Gasteiger partial charge on any atom is 0.267 e. The molecule has 0 saturated carbocycles. The molecule has 2 amide bonds. The second-order valence-electron chi connectivity index (χ2n) is 5.46. The fraction of sp³-hybridized carbons (Fsp3) is 0.105. The van der Waals surface area contributed by atoms with Gasteiger partial charge >= 0.3 is 0 Å². The molecule has 2 rings (SSSR count). The van der Waals surface area contributed by atoms with Gasteiger partial charge in [0.2, 0.25) is 5.91 Å². The third-order valence-electron chi connectivity index (χ3n) is 3.39. The number of benzene rings is 2. The predicted molar refractivity (Wildman–Crippen MR) is 97.5 cm³/mol. The van der Waals surface area contributed by atoms with E-state index in [1.54, 1.807) is 42.5 Å². The summed E-state index contributed by atoms with van der Waals surface area (Å²) in [4.78, 5) is 25.5. The number of anilines is 3. The minimum atomic E-state index is -0.594. The second kappa shape index (κ2) is 7.79. The van der Waals surface area contributed by atoms with Crippen LogP contribution in [-0.4, -0.2) is 11.8 Å². The van der Waals surface area contributed by atoms with E-state index < -0.39 is 5.91 Å². The number of hydrogen-bond donors (Lipinski definition) is 2. The first-order valence-electron chi connectivity index (χ1n) is 7.56. The molecule has 126 valence electrons. The Bertz CT molecular complexity index is 881. The van der Waals surface area contributed by atoms with Crippen LogP contribution in [0.15, 0.2) is 60.3 Å². The van der Waals surface area contributed by atoms with Crippen molar-refractivity contribution < 1.29 is 9.59 Å². The topological polar surface area (TPSA) is 99.2 Å². The molecule has 2 aromatic rings. The average molecular weight is 334 g/mol. The Morgan fingerprint density at radius 2 is 1.92 bits per heavy atom. The van der Waals surface area contributed by atoms with Crippen LogP contribution in [0.3, 0.4) is 0 Å². The molecule has 0 aromatic heterocycles. The molecule has 0 fully saturated rings. The van der Waals surface area contributed by atoms with E-state index in [4.69, 9.17) is 5.73 Å². The summed E-state index contributed by atoms with van der Waals surface area (Å²) in [6, 6.07) is 15.7. The van der Waals surface area contributed by atoms with Crippen LogP contribution >= 0.6 is 0 Å². The summed E-state index contributed by atoms with van der Waals surface area (Å²) in [5.41, 5.74) is 8.04. The average Bonchev–Trinajstić information content (AvgIpc) is 2.55. The monoisotopic (exact) mass is 334 g/mol. The van der Waals surface area contributed by atoms with Gasteiger partial charge in [-0.25, -0.2) is 0 Å². The Morgan fingerprint density at radius 1 is 1.20 bits per heavy atom. The summed E-state index contributed by atoms with van der Waals surface area (Å²) < 4.78 is 0. The van der Waals surface area contributed by atoms with Crippen molar-refractivity contribution in [2.24, 2.45) is 0 Å². The Balaban J connectivity index is 2.31. The molecule has 6 heteroatoms. The van der Waals surface area contributed by atoms with Crippen molar-refractivity contribution in [3.63, 3.8) is 0 Å². The number of nitrogens with one attached hydrogen (secondary N) is 1. The van der Waals surface area contributed by atoms with Crippen LogP contribution < -0.4 is 16.0 Å². The number of hydrogen-bond acceptors (Lipinski definition) is 4. The fourth-order valence-electron chi connectivity index (χ4n) is 2.21. The number of carbonyl (C=O) groups is 2. The molecule has 0 saturated heterocycles. The molecule has 0 spiro atoms. The van der Waals surface area contributed by atoms with E-state index in [2.05, 4.69) is 5.32 Å². The highest BCUT2D eigenvalue weighted by Gasteiger charge is 2.15. The molecule has 0 aliphatic rings. The molecule has 3 N–H and O–H groups in total. The highest BCUT2D eigenvalue weighted by Crippen LogP contribution is 2.19. The lowest BCUT2D eigenvalue weighted by molar-refractivity contribution is -0.116. The predicted octanol–water partition coefficient (Wildman–Crippen LogP) is 2.98. The molecule has 0 heterocycles. The quantitative estimate of drug-likeness (QED) is 0.510. The Kier molecular flexibility index (Phi) is 5.54. The smallest absolute Gasteiger partial charge is 0.267 e. The Labute approximate surface area is 146 Å². The highest BCUT2D eigenvalue weighted by atomic mass is 16.2. The van der Waals surface area contributed by atoms with E-state index in [0.29, 0.717) is 17.1 Å². The normalized spacial score (nSPS) is 10.7. The van der Waals surface area contributed by atoms with Crippen LogP contribution in [0, 0.1) is 18.3 Å². The molecule has 0 radical (unpaired) electrons. The largest absolute Gasteiger partial charge is 0.399 e. The van der Waals surface area contributed by atoms with E-state index in [9.17, 15) is 14.9 Å². The standard InChI is InChI=1S/C19H18N4O2/c1-13-5-3-7-17(9-13)22-19(25)15(11-20)12-23(14(2)24)18-8-4-6-16(21)10-18/h3-10,12H,21H2,1-2H3,(H,22,25)/b15-12-. The number of amides is 2. The number of nitriles is 1. The first kappa shape index (κ1) is 17.8. The van der Waals surface area contributed by atoms with Crippen LogP contribution in [0.1, 0.15) is 12.5 Å². The van der Waals surface area contributed by atoms with Gasteiger partial charge in [0, 0.05) is 24.5 Å². The zero-order valence-electron chi connectivity index (χ0n) is 14.0. The second-order valence-corrected chi connectivity index (χ2v) is 5.46. The molecule has 0 aliphatic heterocycles. The molecule has 25 heavy (non-hydrogen) atoms. The molecule has 0 atom stereocenters. The first-order chi connectivity index (χ1) is 11.9. The molecule has 0 bridgehead atoms. The molecular formula is C19H18N4O2. The van der Waals surface area contributed by atoms with Crippen LogP contribution in [0.25, 0.3) is 0 Å². The molecular weight excluding hydrogens is 316 g/mol. The van der Waals surface area contributed by atoms with Crippen molar-refractivity contribution in [1.82, 2.24) is 0 Å². The Hall–Kier alpha value is -3.59. The first-order valence-corrected chi connectivity index (χ1v) is 7.56. The summed E-state index contributed by atoms with van der Waals surface area (Å²) in [5, 5.41) is 12.0. The van der Waals surface area contributed by atoms with Gasteiger partial charge in [0.05, 0.1) is 5.69 Å². The van der Waals surface area contributed by atoms with Crippen molar-refractivity contribution >= 4 is 28.9 Å². The summed E-state index contributed by atoms with van der Waals surface area (Å²) in [6.07, 6.45) is 1.21. The van der Waals surface area contributed by atoms with Gasteiger partial charge in [0.25, 0.3) is 5.91 Å². The lowest BCUT2D eigenvalue weighted by Crippen LogP contribution is -2.25. The van der Waals surface area contributed by atoms with Gasteiger partial charge < -0.3 is 11.1 Å². The zero-order valence-corrected chi connectivity index (χ0v) is 14.0. The summed E-state index contributed by atoms with van der Waals surface area (Å²) in [5.74, 6) is -0.940. The van der Waals surface area contributed by atoms with Gasteiger partial charge in [-0.1, -0.05) is 18.2 Å². The van der Waals surface area contributed by atoms with Crippen LogP contribution in [0.5, 0.6) is 0 Å². The zero-order chi connectivity index (χ0) is 18.4. The lowest BCUT2D eigenvalue weighted by atomic mass is 10.2. The minimum absolute atomic E-state index is 0.195. The number of nitrogens with two attached hydrogens (primary N) is 1. The maximum atomic E-state index is 12.3. The Morgan fingerprint density at radius 3 is 2.52 bits per heavy atom. The number of rotatable bonds is 4. The van der Waals surface area contributed by atoms with Gasteiger partial charge in [-0.2, -0.15) is 5.26 Å². The van der Waals surface area contributed by atoms with Crippen molar-refractivity contribution in [1.29, 1.82) is 5.26 Å². The van der Waals surface area contributed by atoms with E-state index in [-0.39, 0.29) is 11.5 Å². The summed E-state index contributed by atoms with van der Waals surface area (Å²) >= 11 is 0. The number of carbonyl (C=O) groups excluding carboxylic acids is 2. The van der Waals surface area contributed by atoms with Gasteiger partial charge in [-0.3, -0.25) is 14.5 Å². The third kappa shape index (κ3) is 4.69. The van der Waals surface area contributed by atoms with Gasteiger partial charge in [0.15, 0.2) is 0 Å². The van der Waals surface area contributed by atoms with Gasteiger partial charge in [-0.05, 0) is 42.8 Å². The van der Waals surface area contributed by atoms with Crippen LogP contribution in [-0.2, 0) is 9.59 Å². The summed E-state index contributed by atoms with van der Waals surface area (Å²) in [6.45, 7) is 3.24. The fourth-order valence-corrected chi connectivity index (χ4v) is 2.21. The van der Waals surface area contributed by atoms with E-state index in [1.165, 1.54) is 18.0 Å². The molecule has 2 aromatic carbocycles. The van der Waals surface area contributed by atoms with E-state index in [0.717, 1.165) is 5.56 Å². The van der Waals surface area contributed by atoms with Gasteiger partial charge in [0.1, 0.15) is 11.6 Å². The summed E-state index contributed by atoms with van der Waals surface area (Å²) in [7, 11) is 0. The SMILES string of the molecule is CC(=O)N(/C=C(/C#N)C(=O)Nc1cccc(C)c1)c1cccc(N)c1. The minimum Gasteiger partial charge on any atom is -0.399 e. The van der Waals surface area contributed by atoms with E-state index >= 15 is 0 Å². The molecule has 0 unspecified atom stereocenters. The van der Waals surface area contributed by atoms with Crippen molar-refractivity contribution in [2.45, 2.75) is 13.8 Å². The molecule has 6 nitrogen and oxygen atoms in total. The number of aryl methyl sites for hydroxylation is 1. The van der Waals surface area contributed by atoms with Crippen molar-refractivity contribution in [3.8, 4) is 6.07 Å². The number of nitrogen functional groups attached to an aromatic ring is 1.